The number of fused-ring (bicyclic) bond motifs is 1. The third-order valence-corrected chi connectivity index (χ3v) is 5.96. The summed E-state index contributed by atoms with van der Waals surface area (Å²) in [6.07, 6.45) is 1.69. The minimum absolute atomic E-state index is 0.0351. The van der Waals surface area contributed by atoms with E-state index in [-0.39, 0.29) is 10.1 Å². The van der Waals surface area contributed by atoms with Crippen molar-refractivity contribution in [1.29, 1.82) is 0 Å². The Morgan fingerprint density at radius 2 is 1.95 bits per heavy atom. The lowest BCUT2D eigenvalue weighted by molar-refractivity contribution is 0.594. The molecule has 0 aliphatic rings. The quantitative estimate of drug-likeness (QED) is 0.746. The molecule has 6 heteroatoms. The van der Waals surface area contributed by atoms with Gasteiger partial charge in [0.05, 0.1) is 10.5 Å². The number of sulfone groups is 1. The van der Waals surface area contributed by atoms with Gasteiger partial charge in [0.25, 0.3) is 0 Å². The molecule has 0 saturated heterocycles. The van der Waals surface area contributed by atoms with E-state index >= 15 is 0 Å². The maximum Gasteiger partial charge on any atom is 0.212 e. The van der Waals surface area contributed by atoms with Crippen molar-refractivity contribution < 1.29 is 8.42 Å². The van der Waals surface area contributed by atoms with E-state index in [0.29, 0.717) is 5.65 Å². The Labute approximate surface area is 121 Å². The molecule has 0 saturated carbocycles. The smallest absolute Gasteiger partial charge is 0.212 e. The van der Waals surface area contributed by atoms with Gasteiger partial charge in [-0.25, -0.2) is 18.4 Å². The Balaban J connectivity index is 2.01. The van der Waals surface area contributed by atoms with E-state index in [2.05, 4.69) is 9.97 Å². The first-order chi connectivity index (χ1) is 9.54. The van der Waals surface area contributed by atoms with Crippen LogP contribution < -0.4 is 0 Å². The molecule has 2 heterocycles. The van der Waals surface area contributed by atoms with Gasteiger partial charge in [0.2, 0.25) is 14.2 Å². The van der Waals surface area contributed by atoms with Crippen LogP contribution in [0.4, 0.5) is 0 Å². The van der Waals surface area contributed by atoms with Crippen LogP contribution in [0.2, 0.25) is 0 Å². The highest BCUT2D eigenvalue weighted by atomic mass is 32.2. The first-order valence-electron chi connectivity index (χ1n) is 6.04. The van der Waals surface area contributed by atoms with Crippen molar-refractivity contribution in [3.8, 4) is 0 Å². The van der Waals surface area contributed by atoms with Crippen LogP contribution in [0.1, 0.15) is 11.1 Å². The number of rotatable bonds is 3. The number of hydrogen-bond donors (Lipinski definition) is 0. The summed E-state index contributed by atoms with van der Waals surface area (Å²) >= 11 is 1.18. The van der Waals surface area contributed by atoms with Gasteiger partial charge < -0.3 is 0 Å². The summed E-state index contributed by atoms with van der Waals surface area (Å²) in [5.74, 6) is -0.0351. The zero-order valence-corrected chi connectivity index (χ0v) is 12.4. The van der Waals surface area contributed by atoms with Crippen LogP contribution in [0, 0.1) is 6.92 Å². The number of thiazole rings is 1. The summed E-state index contributed by atoms with van der Waals surface area (Å²) in [5, 5.41) is 0. The minimum Gasteiger partial charge on any atom is -0.236 e. The molecule has 1 aromatic carbocycles. The molecule has 0 aliphatic carbocycles. The van der Waals surface area contributed by atoms with E-state index in [1.54, 1.807) is 18.3 Å². The number of aromatic nitrogens is 2. The van der Waals surface area contributed by atoms with E-state index in [4.69, 9.17) is 0 Å². The summed E-state index contributed by atoms with van der Waals surface area (Å²) in [6, 6.07) is 11.0. The molecule has 3 aromatic rings. The molecule has 0 N–H and O–H groups in total. The van der Waals surface area contributed by atoms with Crippen molar-refractivity contribution in [2.24, 2.45) is 0 Å². The maximum atomic E-state index is 12.4. The maximum absolute atomic E-state index is 12.4. The molecule has 0 fully saturated rings. The number of pyridine rings is 1. The van der Waals surface area contributed by atoms with Crippen molar-refractivity contribution in [1.82, 2.24) is 9.97 Å². The van der Waals surface area contributed by atoms with Gasteiger partial charge in [0, 0.05) is 6.20 Å². The standard InChI is InChI=1S/C14H12N2O2S2/c1-10-7-12-13(15-8-10)16-14(19-12)20(17,18)9-11-5-3-2-4-6-11/h2-8H,9H2,1H3. The third-order valence-electron chi connectivity index (χ3n) is 2.83. The van der Waals surface area contributed by atoms with Crippen molar-refractivity contribution in [2.75, 3.05) is 0 Å². The Kier molecular flexibility index (Phi) is 3.27. The molecule has 0 atom stereocenters. The molecule has 4 nitrogen and oxygen atoms in total. The molecular weight excluding hydrogens is 292 g/mol. The molecule has 0 aliphatic heterocycles. The third kappa shape index (κ3) is 2.57. The Hall–Kier alpha value is -1.79. The molecule has 0 unspecified atom stereocenters. The second kappa shape index (κ2) is 4.96. The molecule has 0 spiro atoms. The fourth-order valence-electron chi connectivity index (χ4n) is 1.89. The van der Waals surface area contributed by atoms with Gasteiger partial charge in [-0.2, -0.15) is 0 Å². The zero-order chi connectivity index (χ0) is 14.2. The zero-order valence-electron chi connectivity index (χ0n) is 10.8. The minimum atomic E-state index is -3.42. The van der Waals surface area contributed by atoms with E-state index < -0.39 is 9.84 Å². The van der Waals surface area contributed by atoms with E-state index in [1.807, 2.05) is 31.2 Å². The van der Waals surface area contributed by atoms with Crippen LogP contribution in [0.5, 0.6) is 0 Å². The van der Waals surface area contributed by atoms with Crippen molar-refractivity contribution in [3.05, 3.63) is 53.7 Å². The van der Waals surface area contributed by atoms with Crippen LogP contribution in [0.3, 0.4) is 0 Å². The Morgan fingerprint density at radius 3 is 2.70 bits per heavy atom. The highest BCUT2D eigenvalue weighted by molar-refractivity contribution is 7.92. The van der Waals surface area contributed by atoms with Gasteiger partial charge in [-0.1, -0.05) is 30.3 Å². The molecule has 0 radical (unpaired) electrons. The first-order valence-corrected chi connectivity index (χ1v) is 8.51. The first kappa shape index (κ1) is 13.2. The van der Waals surface area contributed by atoms with Gasteiger partial charge in [0.15, 0.2) is 5.65 Å². The lowest BCUT2D eigenvalue weighted by atomic mass is 10.2. The Bertz CT molecular complexity index is 855. The predicted molar refractivity (Wildman–Crippen MR) is 79.5 cm³/mol. The molecular formula is C14H12N2O2S2. The molecule has 2 aromatic heterocycles. The monoisotopic (exact) mass is 304 g/mol. The van der Waals surface area contributed by atoms with Gasteiger partial charge in [-0.3, -0.25) is 0 Å². The summed E-state index contributed by atoms with van der Waals surface area (Å²) in [5.41, 5.74) is 2.25. The highest BCUT2D eigenvalue weighted by Gasteiger charge is 2.20. The van der Waals surface area contributed by atoms with Gasteiger partial charge >= 0.3 is 0 Å². The van der Waals surface area contributed by atoms with Gasteiger partial charge in [-0.15, -0.1) is 11.3 Å². The molecule has 20 heavy (non-hydrogen) atoms. The van der Waals surface area contributed by atoms with E-state index in [0.717, 1.165) is 15.8 Å². The lowest BCUT2D eigenvalue weighted by Crippen LogP contribution is -2.04. The van der Waals surface area contributed by atoms with E-state index in [1.165, 1.54) is 11.3 Å². The molecule has 102 valence electrons. The Morgan fingerprint density at radius 1 is 1.20 bits per heavy atom. The SMILES string of the molecule is Cc1cnc2nc(S(=O)(=O)Cc3ccccc3)sc2c1. The van der Waals surface area contributed by atoms with Crippen LogP contribution in [0.25, 0.3) is 10.3 Å². The van der Waals surface area contributed by atoms with E-state index in [9.17, 15) is 8.42 Å². The second-order valence-corrected chi connectivity index (χ2v) is 7.75. The summed E-state index contributed by atoms with van der Waals surface area (Å²) in [7, 11) is -3.42. The number of benzene rings is 1. The predicted octanol–water partition coefficient (Wildman–Crippen LogP) is 2.97. The summed E-state index contributed by atoms with van der Waals surface area (Å²) < 4.78 is 25.7. The van der Waals surface area contributed by atoms with Crippen molar-refractivity contribution in [3.63, 3.8) is 0 Å². The van der Waals surface area contributed by atoms with Crippen LogP contribution in [-0.2, 0) is 15.6 Å². The topological polar surface area (TPSA) is 59.9 Å². The van der Waals surface area contributed by atoms with Crippen molar-refractivity contribution >= 4 is 31.5 Å². The fourth-order valence-corrected chi connectivity index (χ4v) is 4.58. The van der Waals surface area contributed by atoms with Gasteiger partial charge in [-0.05, 0) is 24.1 Å². The van der Waals surface area contributed by atoms with Crippen LogP contribution in [0.15, 0.2) is 46.9 Å². The fraction of sp³-hybridized carbons (Fsp3) is 0.143. The number of hydrogen-bond acceptors (Lipinski definition) is 5. The van der Waals surface area contributed by atoms with Crippen LogP contribution in [-0.4, -0.2) is 18.4 Å². The largest absolute Gasteiger partial charge is 0.236 e. The number of nitrogens with zero attached hydrogens (tertiary/aromatic N) is 2. The highest BCUT2D eigenvalue weighted by Crippen LogP contribution is 2.27. The second-order valence-electron chi connectivity index (χ2n) is 4.56. The molecule has 3 rings (SSSR count). The normalized spacial score (nSPS) is 11.8. The molecule has 0 bridgehead atoms. The average Bonchev–Trinajstić information content (AvgIpc) is 2.83. The lowest BCUT2D eigenvalue weighted by Gasteiger charge is -2.00. The van der Waals surface area contributed by atoms with Crippen LogP contribution >= 0.6 is 11.3 Å². The average molecular weight is 304 g/mol. The summed E-state index contributed by atoms with van der Waals surface area (Å²) in [4.78, 5) is 8.30. The van der Waals surface area contributed by atoms with Gasteiger partial charge in [0.1, 0.15) is 0 Å². The summed E-state index contributed by atoms with van der Waals surface area (Å²) in [6.45, 7) is 1.92. The molecule has 0 amide bonds. The number of aryl methyl sites for hydroxylation is 1. The van der Waals surface area contributed by atoms with Crippen molar-refractivity contribution in [2.45, 2.75) is 17.0 Å².